The zero-order valence-corrected chi connectivity index (χ0v) is 12.1. The van der Waals surface area contributed by atoms with Gasteiger partial charge in [-0.05, 0) is 12.1 Å². The van der Waals surface area contributed by atoms with Crippen LogP contribution in [0.3, 0.4) is 0 Å². The number of hydrogen-bond acceptors (Lipinski definition) is 4. The molecule has 4 nitrogen and oxygen atoms in total. The zero-order chi connectivity index (χ0) is 17.6. The van der Waals surface area contributed by atoms with Gasteiger partial charge in [0.15, 0.2) is 0 Å². The Kier molecular flexibility index (Phi) is 5.08. The number of nitrogens with zero attached hydrogens (tertiary/aromatic N) is 2. The molecule has 0 spiro atoms. The number of hydrogen-bond donors (Lipinski definition) is 1. The molecule has 0 bridgehead atoms. The van der Waals surface area contributed by atoms with Crippen LogP contribution in [0.25, 0.3) is 11.1 Å². The fourth-order valence-electron chi connectivity index (χ4n) is 1.99. The second-order valence-electron chi connectivity index (χ2n) is 4.52. The molecule has 0 heterocycles. The first kappa shape index (κ1) is 16.9. The van der Waals surface area contributed by atoms with Crippen LogP contribution in [0.4, 0.5) is 18.9 Å². The highest BCUT2D eigenvalue weighted by Crippen LogP contribution is 2.37. The van der Waals surface area contributed by atoms with E-state index in [2.05, 4.69) is 10.1 Å². The highest BCUT2D eigenvalue weighted by atomic mass is 19.4. The third-order valence-corrected chi connectivity index (χ3v) is 2.94. The topological polar surface area (TPSA) is 68.8 Å². The summed E-state index contributed by atoms with van der Waals surface area (Å²) in [5.74, 6) is -0.344. The standard InChI is InChI=1S/C17H10F3N3O/c18-17(19,20)24-16-8-4-2-6-14(16)13-5-1-3-7-15(13)23-11-12(9-21)10-22/h1-8,11,23H. The Hall–Kier alpha value is -3.45. The maximum Gasteiger partial charge on any atom is 0.573 e. The van der Waals surface area contributed by atoms with E-state index in [1.807, 2.05) is 0 Å². The average Bonchev–Trinajstić information content (AvgIpc) is 2.55. The van der Waals surface area contributed by atoms with Gasteiger partial charge in [0.1, 0.15) is 23.5 Å². The summed E-state index contributed by atoms with van der Waals surface area (Å²) in [7, 11) is 0. The quantitative estimate of drug-likeness (QED) is 0.833. The number of nitriles is 2. The molecule has 0 saturated heterocycles. The van der Waals surface area contributed by atoms with E-state index in [4.69, 9.17) is 10.5 Å². The van der Waals surface area contributed by atoms with Crippen LogP contribution in [-0.2, 0) is 0 Å². The van der Waals surface area contributed by atoms with Crippen molar-refractivity contribution in [3.8, 4) is 29.0 Å². The summed E-state index contributed by atoms with van der Waals surface area (Å²) in [5.41, 5.74) is 0.925. The van der Waals surface area contributed by atoms with Crippen LogP contribution in [-0.4, -0.2) is 6.36 Å². The molecular weight excluding hydrogens is 319 g/mol. The molecule has 2 aromatic rings. The van der Waals surface area contributed by atoms with Gasteiger partial charge >= 0.3 is 6.36 Å². The fourth-order valence-corrected chi connectivity index (χ4v) is 1.99. The number of halogens is 3. The molecule has 0 amide bonds. The Labute approximate surface area is 136 Å². The SMILES string of the molecule is N#CC(C#N)=CNc1ccccc1-c1ccccc1OC(F)(F)F. The molecule has 0 aromatic heterocycles. The van der Waals surface area contributed by atoms with E-state index in [0.717, 1.165) is 0 Å². The van der Waals surface area contributed by atoms with Crippen molar-refractivity contribution in [1.82, 2.24) is 0 Å². The van der Waals surface area contributed by atoms with Gasteiger partial charge in [-0.25, -0.2) is 0 Å². The van der Waals surface area contributed by atoms with Gasteiger partial charge in [0.05, 0.1) is 0 Å². The predicted molar refractivity (Wildman–Crippen MR) is 81.5 cm³/mol. The lowest BCUT2D eigenvalue weighted by molar-refractivity contribution is -0.274. The minimum absolute atomic E-state index is 0.162. The number of anilines is 1. The summed E-state index contributed by atoms with van der Waals surface area (Å²) < 4.78 is 41.8. The fraction of sp³-hybridized carbons (Fsp3) is 0.0588. The summed E-state index contributed by atoms with van der Waals surface area (Å²) in [6.07, 6.45) is -3.63. The van der Waals surface area contributed by atoms with Gasteiger partial charge in [-0.1, -0.05) is 36.4 Å². The minimum Gasteiger partial charge on any atom is -0.405 e. The number of benzene rings is 2. The van der Waals surface area contributed by atoms with Crippen molar-refractivity contribution in [3.05, 3.63) is 60.3 Å². The third kappa shape index (κ3) is 4.28. The van der Waals surface area contributed by atoms with E-state index < -0.39 is 6.36 Å². The molecule has 2 aromatic carbocycles. The van der Waals surface area contributed by atoms with E-state index in [0.29, 0.717) is 11.3 Å². The summed E-state index contributed by atoms with van der Waals surface area (Å²) in [6.45, 7) is 0. The van der Waals surface area contributed by atoms with Gasteiger partial charge in [0, 0.05) is 23.0 Å². The van der Waals surface area contributed by atoms with E-state index in [9.17, 15) is 13.2 Å². The van der Waals surface area contributed by atoms with Crippen molar-refractivity contribution in [1.29, 1.82) is 10.5 Å². The van der Waals surface area contributed by atoms with E-state index in [-0.39, 0.29) is 16.9 Å². The Bertz CT molecular complexity index is 829. The molecule has 7 heteroatoms. The molecule has 0 atom stereocenters. The molecular formula is C17H10F3N3O. The Balaban J connectivity index is 2.46. The van der Waals surface area contributed by atoms with Crippen molar-refractivity contribution in [3.63, 3.8) is 0 Å². The molecule has 0 radical (unpaired) electrons. The molecule has 120 valence electrons. The number of allylic oxidation sites excluding steroid dienone is 1. The molecule has 24 heavy (non-hydrogen) atoms. The van der Waals surface area contributed by atoms with Crippen LogP contribution < -0.4 is 10.1 Å². The first-order valence-corrected chi connectivity index (χ1v) is 6.65. The normalized spacial score (nSPS) is 10.2. The summed E-state index contributed by atoms with van der Waals surface area (Å²) in [5, 5.41) is 20.2. The van der Waals surface area contributed by atoms with Gasteiger partial charge in [-0.15, -0.1) is 13.2 Å². The van der Waals surface area contributed by atoms with Crippen LogP contribution in [0.5, 0.6) is 5.75 Å². The molecule has 0 aliphatic carbocycles. The first-order valence-electron chi connectivity index (χ1n) is 6.65. The van der Waals surface area contributed by atoms with Crippen molar-refractivity contribution in [2.75, 3.05) is 5.32 Å². The molecule has 2 rings (SSSR count). The lowest BCUT2D eigenvalue weighted by atomic mass is 10.0. The molecule has 0 aliphatic heterocycles. The minimum atomic E-state index is -4.81. The van der Waals surface area contributed by atoms with E-state index >= 15 is 0 Å². The monoisotopic (exact) mass is 329 g/mol. The first-order chi connectivity index (χ1) is 11.4. The van der Waals surface area contributed by atoms with Crippen LogP contribution in [0.2, 0.25) is 0 Å². The summed E-state index contributed by atoms with van der Waals surface area (Å²) in [6, 6.07) is 15.6. The smallest absolute Gasteiger partial charge is 0.405 e. The van der Waals surface area contributed by atoms with Crippen LogP contribution in [0.1, 0.15) is 0 Å². The highest BCUT2D eigenvalue weighted by Gasteiger charge is 2.32. The van der Waals surface area contributed by atoms with Gasteiger partial charge in [-0.3, -0.25) is 0 Å². The lowest BCUT2D eigenvalue weighted by Crippen LogP contribution is -2.17. The number of alkyl halides is 3. The third-order valence-electron chi connectivity index (χ3n) is 2.94. The van der Waals surface area contributed by atoms with Crippen LogP contribution in [0, 0.1) is 22.7 Å². The molecule has 0 saturated carbocycles. The zero-order valence-electron chi connectivity index (χ0n) is 12.1. The highest BCUT2D eigenvalue weighted by molar-refractivity contribution is 5.82. The Morgan fingerprint density at radius 1 is 0.958 bits per heavy atom. The second kappa shape index (κ2) is 7.21. The predicted octanol–water partition coefficient (Wildman–Crippen LogP) is 4.60. The largest absolute Gasteiger partial charge is 0.573 e. The van der Waals surface area contributed by atoms with Crippen LogP contribution in [0.15, 0.2) is 60.3 Å². The van der Waals surface area contributed by atoms with Gasteiger partial charge in [0.2, 0.25) is 0 Å². The van der Waals surface area contributed by atoms with Crippen molar-refractivity contribution in [2.24, 2.45) is 0 Å². The summed E-state index contributed by atoms with van der Waals surface area (Å²) in [4.78, 5) is 0. The number of ether oxygens (including phenoxy) is 1. The van der Waals surface area contributed by atoms with Gasteiger partial charge in [0.25, 0.3) is 0 Å². The van der Waals surface area contributed by atoms with Crippen LogP contribution >= 0.6 is 0 Å². The summed E-state index contributed by atoms with van der Waals surface area (Å²) >= 11 is 0. The van der Waals surface area contributed by atoms with Crippen molar-refractivity contribution >= 4 is 5.69 Å². The lowest BCUT2D eigenvalue weighted by Gasteiger charge is -2.15. The average molecular weight is 329 g/mol. The Morgan fingerprint density at radius 2 is 1.54 bits per heavy atom. The van der Waals surface area contributed by atoms with Crippen molar-refractivity contribution in [2.45, 2.75) is 6.36 Å². The number of nitrogens with one attached hydrogen (secondary N) is 1. The second-order valence-corrected chi connectivity index (χ2v) is 4.52. The van der Waals surface area contributed by atoms with Gasteiger partial charge < -0.3 is 10.1 Å². The van der Waals surface area contributed by atoms with E-state index in [1.54, 1.807) is 42.5 Å². The number of para-hydroxylation sites is 2. The van der Waals surface area contributed by atoms with Crippen molar-refractivity contribution < 1.29 is 17.9 Å². The number of rotatable bonds is 4. The maximum atomic E-state index is 12.6. The maximum absolute atomic E-state index is 12.6. The molecule has 0 fully saturated rings. The Morgan fingerprint density at radius 3 is 2.17 bits per heavy atom. The van der Waals surface area contributed by atoms with Gasteiger partial charge in [-0.2, -0.15) is 10.5 Å². The molecule has 0 aliphatic rings. The van der Waals surface area contributed by atoms with E-state index in [1.165, 1.54) is 24.4 Å². The molecule has 1 N–H and O–H groups in total. The molecule has 0 unspecified atom stereocenters.